The molecule has 0 bridgehead atoms. The molecule has 0 aliphatic carbocycles. The van der Waals surface area contributed by atoms with Crippen molar-refractivity contribution in [3.63, 3.8) is 0 Å². The predicted molar refractivity (Wildman–Crippen MR) is 73.9 cm³/mol. The zero-order valence-corrected chi connectivity index (χ0v) is 12.5. The molecule has 0 radical (unpaired) electrons. The molecule has 9 heteroatoms. The minimum Gasteiger partial charge on any atom is -0.478 e. The number of aromatic nitrogens is 2. The van der Waals surface area contributed by atoms with Crippen LogP contribution in [0.25, 0.3) is 0 Å². The van der Waals surface area contributed by atoms with Gasteiger partial charge in [-0.3, -0.25) is 9.82 Å². The van der Waals surface area contributed by atoms with Crippen LogP contribution < -0.4 is 4.72 Å². The fourth-order valence-electron chi connectivity index (χ4n) is 2.09. The molecular weight excluding hydrogens is 298 g/mol. The first-order chi connectivity index (χ1) is 9.77. The Hall–Kier alpha value is -2.29. The molecule has 0 aliphatic rings. The van der Waals surface area contributed by atoms with Gasteiger partial charge in [-0.15, -0.1) is 0 Å². The van der Waals surface area contributed by atoms with Crippen molar-refractivity contribution in [2.75, 3.05) is 4.72 Å². The summed E-state index contributed by atoms with van der Waals surface area (Å²) in [6.07, 6.45) is 2.08. The van der Waals surface area contributed by atoms with Crippen molar-refractivity contribution in [1.82, 2.24) is 10.2 Å². The van der Waals surface area contributed by atoms with Gasteiger partial charge in [0.2, 0.25) is 0 Å². The first-order valence-electron chi connectivity index (χ1n) is 6.16. The van der Waals surface area contributed by atoms with Crippen molar-refractivity contribution < 1.29 is 22.7 Å². The number of furan rings is 1. The zero-order valence-electron chi connectivity index (χ0n) is 11.7. The maximum absolute atomic E-state index is 12.4. The van der Waals surface area contributed by atoms with E-state index in [0.29, 0.717) is 12.0 Å². The summed E-state index contributed by atoms with van der Waals surface area (Å²) >= 11 is 0. The number of hydrogen-bond donors (Lipinski definition) is 3. The Balaban J connectivity index is 2.53. The van der Waals surface area contributed by atoms with Gasteiger partial charge in [0, 0.05) is 5.56 Å². The molecule has 0 fully saturated rings. The van der Waals surface area contributed by atoms with Crippen LogP contribution in [0.1, 0.15) is 34.4 Å². The number of nitrogens with zero attached hydrogens (tertiary/aromatic N) is 1. The van der Waals surface area contributed by atoms with Crippen LogP contribution in [0.2, 0.25) is 0 Å². The van der Waals surface area contributed by atoms with E-state index in [2.05, 4.69) is 14.9 Å². The molecule has 0 unspecified atom stereocenters. The molecule has 0 aliphatic heterocycles. The lowest BCUT2D eigenvalue weighted by molar-refractivity contribution is 0.0691. The number of aryl methyl sites for hydroxylation is 3. The molecule has 0 amide bonds. The average molecular weight is 313 g/mol. The SMILES string of the molecule is CCc1cn[nH]c1NS(=O)(=O)c1c(C)oc(C)c1C(=O)O. The van der Waals surface area contributed by atoms with Gasteiger partial charge in [-0.25, -0.2) is 13.2 Å². The monoisotopic (exact) mass is 313 g/mol. The topological polar surface area (TPSA) is 125 Å². The van der Waals surface area contributed by atoms with Gasteiger partial charge in [0.25, 0.3) is 10.0 Å². The quantitative estimate of drug-likeness (QED) is 0.771. The standard InChI is InChI=1S/C12H15N3O5S/c1-4-8-5-13-14-11(8)15-21(18,19)10-7(3)20-6(2)9(10)12(16)17/h5H,4H2,1-3H3,(H,16,17)(H2,13,14,15). The van der Waals surface area contributed by atoms with E-state index in [-0.39, 0.29) is 27.8 Å². The van der Waals surface area contributed by atoms with Crippen LogP contribution >= 0.6 is 0 Å². The third kappa shape index (κ3) is 2.64. The summed E-state index contributed by atoms with van der Waals surface area (Å²) in [5.41, 5.74) is 0.311. The number of aromatic amines is 1. The lowest BCUT2D eigenvalue weighted by atomic mass is 10.2. The van der Waals surface area contributed by atoms with E-state index in [0.717, 1.165) is 0 Å². The second-order valence-corrected chi connectivity index (χ2v) is 6.07. The number of carboxylic acids is 1. The van der Waals surface area contributed by atoms with Crippen molar-refractivity contribution in [3.05, 3.63) is 28.8 Å². The van der Waals surface area contributed by atoms with Crippen LogP contribution in [0.15, 0.2) is 15.5 Å². The van der Waals surface area contributed by atoms with Crippen molar-refractivity contribution >= 4 is 21.8 Å². The Morgan fingerprint density at radius 1 is 1.43 bits per heavy atom. The highest BCUT2D eigenvalue weighted by Crippen LogP contribution is 2.28. The molecule has 2 heterocycles. The fourth-order valence-corrected chi connectivity index (χ4v) is 3.55. The number of carboxylic acid groups (broad SMARTS) is 1. The van der Waals surface area contributed by atoms with E-state index < -0.39 is 16.0 Å². The van der Waals surface area contributed by atoms with Gasteiger partial charge in [-0.1, -0.05) is 6.92 Å². The maximum atomic E-state index is 12.4. The maximum Gasteiger partial charge on any atom is 0.340 e. The van der Waals surface area contributed by atoms with Crippen LogP contribution in [0.5, 0.6) is 0 Å². The summed E-state index contributed by atoms with van der Waals surface area (Å²) in [5, 5.41) is 15.5. The van der Waals surface area contributed by atoms with E-state index in [1.807, 2.05) is 6.92 Å². The molecule has 2 aromatic heterocycles. The zero-order chi connectivity index (χ0) is 15.8. The van der Waals surface area contributed by atoms with Gasteiger partial charge in [0.05, 0.1) is 6.20 Å². The number of carbonyl (C=O) groups is 1. The molecule has 3 N–H and O–H groups in total. The molecule has 0 saturated heterocycles. The van der Waals surface area contributed by atoms with Gasteiger partial charge in [-0.2, -0.15) is 5.10 Å². The van der Waals surface area contributed by atoms with Crippen LogP contribution in [-0.2, 0) is 16.4 Å². The highest BCUT2D eigenvalue weighted by molar-refractivity contribution is 7.92. The first kappa shape index (κ1) is 15.1. The predicted octanol–water partition coefficient (Wildman–Crippen LogP) is 1.68. The van der Waals surface area contributed by atoms with Crippen molar-refractivity contribution in [1.29, 1.82) is 0 Å². The lowest BCUT2D eigenvalue weighted by Crippen LogP contribution is -2.18. The second kappa shape index (κ2) is 5.24. The summed E-state index contributed by atoms with van der Waals surface area (Å²) in [6.45, 7) is 4.66. The number of nitrogens with one attached hydrogen (secondary N) is 2. The summed E-state index contributed by atoms with van der Waals surface area (Å²) < 4.78 is 32.3. The van der Waals surface area contributed by atoms with Crippen molar-refractivity contribution in [3.8, 4) is 0 Å². The largest absolute Gasteiger partial charge is 0.478 e. The Bertz CT molecular complexity index is 788. The van der Waals surface area contributed by atoms with Gasteiger partial charge in [0.15, 0.2) is 0 Å². The number of aromatic carboxylic acids is 1. The smallest absolute Gasteiger partial charge is 0.340 e. The van der Waals surface area contributed by atoms with Gasteiger partial charge in [0.1, 0.15) is 27.8 Å². The van der Waals surface area contributed by atoms with Gasteiger partial charge in [-0.05, 0) is 20.3 Å². The third-order valence-electron chi connectivity index (χ3n) is 3.02. The fraction of sp³-hybridized carbons (Fsp3) is 0.333. The summed E-state index contributed by atoms with van der Waals surface area (Å²) in [5.74, 6) is -1.08. The highest BCUT2D eigenvalue weighted by Gasteiger charge is 2.31. The van der Waals surface area contributed by atoms with Crippen LogP contribution in [0, 0.1) is 13.8 Å². The number of anilines is 1. The molecule has 2 rings (SSSR count). The van der Waals surface area contributed by atoms with E-state index >= 15 is 0 Å². The highest BCUT2D eigenvalue weighted by atomic mass is 32.2. The molecular formula is C12H15N3O5S. The number of H-pyrrole nitrogens is 1. The molecule has 0 atom stereocenters. The first-order valence-corrected chi connectivity index (χ1v) is 7.64. The number of sulfonamides is 1. The van der Waals surface area contributed by atoms with E-state index in [1.165, 1.54) is 20.0 Å². The second-order valence-electron chi connectivity index (χ2n) is 4.45. The molecule has 114 valence electrons. The van der Waals surface area contributed by atoms with Crippen molar-refractivity contribution in [2.45, 2.75) is 32.1 Å². The third-order valence-corrected chi connectivity index (χ3v) is 4.52. The minimum atomic E-state index is -4.10. The Labute approximate surface area is 121 Å². The van der Waals surface area contributed by atoms with E-state index in [9.17, 15) is 18.3 Å². The summed E-state index contributed by atoms with van der Waals surface area (Å²) in [7, 11) is -4.10. The summed E-state index contributed by atoms with van der Waals surface area (Å²) in [4.78, 5) is 10.9. The molecule has 0 aromatic carbocycles. The molecule has 21 heavy (non-hydrogen) atoms. The number of hydrogen-bond acceptors (Lipinski definition) is 5. The molecule has 2 aromatic rings. The molecule has 0 spiro atoms. The number of rotatable bonds is 5. The van der Waals surface area contributed by atoms with Gasteiger partial charge < -0.3 is 9.52 Å². The molecule has 8 nitrogen and oxygen atoms in total. The normalized spacial score (nSPS) is 11.6. The average Bonchev–Trinajstić information content (AvgIpc) is 2.92. The Kier molecular flexibility index (Phi) is 3.77. The molecule has 0 saturated carbocycles. The minimum absolute atomic E-state index is 0.0231. The van der Waals surface area contributed by atoms with Crippen LogP contribution in [-0.4, -0.2) is 29.7 Å². The van der Waals surface area contributed by atoms with Crippen LogP contribution in [0.3, 0.4) is 0 Å². The Morgan fingerprint density at radius 3 is 2.67 bits per heavy atom. The van der Waals surface area contributed by atoms with Gasteiger partial charge >= 0.3 is 5.97 Å². The van der Waals surface area contributed by atoms with Crippen LogP contribution in [0.4, 0.5) is 5.82 Å². The van der Waals surface area contributed by atoms with E-state index in [1.54, 1.807) is 0 Å². The Morgan fingerprint density at radius 2 is 2.10 bits per heavy atom. The van der Waals surface area contributed by atoms with Crippen molar-refractivity contribution in [2.24, 2.45) is 0 Å². The lowest BCUT2D eigenvalue weighted by Gasteiger charge is -2.07. The van der Waals surface area contributed by atoms with E-state index in [4.69, 9.17) is 4.42 Å². The summed E-state index contributed by atoms with van der Waals surface area (Å²) in [6, 6.07) is 0.